The first-order chi connectivity index (χ1) is 13.7. The largest absolute Gasteiger partial charge is 0.356 e. The average Bonchev–Trinajstić information content (AvgIpc) is 3.27. The van der Waals surface area contributed by atoms with Crippen LogP contribution in [0.15, 0.2) is 47.8 Å². The molecule has 1 aromatic carbocycles. The summed E-state index contributed by atoms with van der Waals surface area (Å²) in [6.45, 7) is 1.54. The van der Waals surface area contributed by atoms with Gasteiger partial charge in [0.05, 0.1) is 6.04 Å². The van der Waals surface area contributed by atoms with Crippen molar-refractivity contribution in [2.24, 2.45) is 0 Å². The highest BCUT2D eigenvalue weighted by Gasteiger charge is 2.57. The van der Waals surface area contributed by atoms with E-state index in [0.717, 1.165) is 36.8 Å². The van der Waals surface area contributed by atoms with Crippen LogP contribution in [-0.4, -0.2) is 51.9 Å². The number of carbonyl (C=O) groups excluding carboxylic acids is 1. The molecule has 1 aromatic heterocycles. The molecular weight excluding hydrogens is 372 g/mol. The minimum absolute atomic E-state index is 0.0774. The van der Waals surface area contributed by atoms with Gasteiger partial charge in [0.25, 0.3) is 5.91 Å². The predicted octanol–water partition coefficient (Wildman–Crippen LogP) is 3.26. The van der Waals surface area contributed by atoms with Crippen LogP contribution in [0.1, 0.15) is 37.3 Å². The molecule has 0 N–H and O–H groups in total. The Morgan fingerprint density at radius 3 is 2.68 bits per heavy atom. The van der Waals surface area contributed by atoms with Gasteiger partial charge in [-0.3, -0.25) is 4.79 Å². The number of benzene rings is 1. The maximum absolute atomic E-state index is 13.4. The van der Waals surface area contributed by atoms with Crippen LogP contribution >= 0.6 is 11.8 Å². The minimum atomic E-state index is -0.663. The minimum Gasteiger partial charge on any atom is -0.356 e. The molecule has 6 nitrogen and oxygen atoms in total. The molecule has 4 heterocycles. The molecule has 7 heteroatoms. The molecule has 0 radical (unpaired) electrons. The van der Waals surface area contributed by atoms with E-state index in [1.165, 1.54) is 5.56 Å². The second-order valence-corrected chi connectivity index (χ2v) is 8.52. The molecule has 146 valence electrons. The van der Waals surface area contributed by atoms with Gasteiger partial charge in [0.15, 0.2) is 5.60 Å². The molecule has 0 saturated carbocycles. The summed E-state index contributed by atoms with van der Waals surface area (Å²) in [6.07, 6.45) is 6.85. The lowest BCUT2D eigenvalue weighted by atomic mass is 9.89. The standard InChI is InChI=1S/C21H24N4O2S/c1-28-18-13-17(22-14-23-18)24-11-9-21(10-12-24)20(26)25-16(7-8-19(25)27-21)15-5-3-2-4-6-15/h2-6,13-14,16,19H,7-12H2,1H3. The molecule has 0 bridgehead atoms. The number of hydrogen-bond acceptors (Lipinski definition) is 6. The highest BCUT2D eigenvalue weighted by molar-refractivity contribution is 7.98. The Morgan fingerprint density at radius 2 is 1.93 bits per heavy atom. The molecule has 3 aliphatic rings. The third-order valence-electron chi connectivity index (χ3n) is 6.24. The number of rotatable bonds is 3. The smallest absolute Gasteiger partial charge is 0.257 e. The summed E-state index contributed by atoms with van der Waals surface area (Å²) in [5.41, 5.74) is 0.547. The van der Waals surface area contributed by atoms with Crippen molar-refractivity contribution in [3.63, 3.8) is 0 Å². The Balaban J connectivity index is 1.32. The summed E-state index contributed by atoms with van der Waals surface area (Å²) >= 11 is 1.61. The van der Waals surface area contributed by atoms with E-state index in [4.69, 9.17) is 4.74 Å². The number of piperidine rings is 1. The van der Waals surface area contributed by atoms with Gasteiger partial charge in [0.2, 0.25) is 0 Å². The fraction of sp³-hybridized carbons (Fsp3) is 0.476. The second kappa shape index (κ2) is 7.04. The van der Waals surface area contributed by atoms with Crippen LogP contribution in [0.3, 0.4) is 0 Å². The summed E-state index contributed by atoms with van der Waals surface area (Å²) in [4.78, 5) is 26.4. The molecule has 1 spiro atoms. The van der Waals surface area contributed by atoms with E-state index in [2.05, 4.69) is 27.0 Å². The van der Waals surface area contributed by atoms with Crippen molar-refractivity contribution in [2.75, 3.05) is 24.2 Å². The molecular formula is C21H24N4O2S. The number of ether oxygens (including phenoxy) is 1. The fourth-order valence-electron chi connectivity index (χ4n) is 4.76. The van der Waals surface area contributed by atoms with Crippen molar-refractivity contribution in [3.8, 4) is 0 Å². The number of fused-ring (bicyclic) bond motifs is 1. The van der Waals surface area contributed by atoms with Crippen LogP contribution in [-0.2, 0) is 9.53 Å². The van der Waals surface area contributed by atoms with Gasteiger partial charge >= 0.3 is 0 Å². The first kappa shape index (κ1) is 17.9. The van der Waals surface area contributed by atoms with Crippen molar-refractivity contribution < 1.29 is 9.53 Å². The summed E-state index contributed by atoms with van der Waals surface area (Å²) in [6, 6.07) is 12.5. The zero-order valence-electron chi connectivity index (χ0n) is 16.0. The van der Waals surface area contributed by atoms with E-state index in [-0.39, 0.29) is 18.2 Å². The summed E-state index contributed by atoms with van der Waals surface area (Å²) in [5, 5.41) is 0.963. The van der Waals surface area contributed by atoms with Crippen LogP contribution in [0.5, 0.6) is 0 Å². The Morgan fingerprint density at radius 1 is 1.14 bits per heavy atom. The van der Waals surface area contributed by atoms with Crippen LogP contribution in [0.2, 0.25) is 0 Å². The van der Waals surface area contributed by atoms with Crippen molar-refractivity contribution >= 4 is 23.5 Å². The van der Waals surface area contributed by atoms with E-state index in [1.54, 1.807) is 18.1 Å². The molecule has 1 amide bonds. The molecule has 2 atom stereocenters. The maximum Gasteiger partial charge on any atom is 0.257 e. The zero-order chi connectivity index (χ0) is 19.1. The van der Waals surface area contributed by atoms with Crippen LogP contribution in [0.25, 0.3) is 0 Å². The van der Waals surface area contributed by atoms with Gasteiger partial charge in [-0.15, -0.1) is 11.8 Å². The van der Waals surface area contributed by atoms with Crippen LogP contribution < -0.4 is 4.90 Å². The number of nitrogens with zero attached hydrogens (tertiary/aromatic N) is 4. The number of aromatic nitrogens is 2. The van der Waals surface area contributed by atoms with Crippen molar-refractivity contribution in [1.82, 2.24) is 14.9 Å². The number of anilines is 1. The van der Waals surface area contributed by atoms with E-state index < -0.39 is 5.60 Å². The molecule has 3 fully saturated rings. The number of hydrogen-bond donors (Lipinski definition) is 0. The zero-order valence-corrected chi connectivity index (χ0v) is 16.8. The lowest BCUT2D eigenvalue weighted by Gasteiger charge is -2.38. The molecule has 2 unspecified atom stereocenters. The van der Waals surface area contributed by atoms with Crippen LogP contribution in [0, 0.1) is 0 Å². The quantitative estimate of drug-likeness (QED) is 0.586. The lowest BCUT2D eigenvalue weighted by Crippen LogP contribution is -2.50. The third kappa shape index (κ3) is 2.88. The molecule has 3 aliphatic heterocycles. The van der Waals surface area contributed by atoms with Gasteiger partial charge < -0.3 is 14.5 Å². The van der Waals surface area contributed by atoms with E-state index >= 15 is 0 Å². The Bertz CT molecular complexity index is 870. The van der Waals surface area contributed by atoms with Gasteiger partial charge in [-0.05, 0) is 24.7 Å². The number of thioether (sulfide) groups is 1. The van der Waals surface area contributed by atoms with E-state index in [9.17, 15) is 4.79 Å². The Labute approximate surface area is 169 Å². The second-order valence-electron chi connectivity index (χ2n) is 7.69. The highest BCUT2D eigenvalue weighted by Crippen LogP contribution is 2.47. The van der Waals surface area contributed by atoms with Crippen molar-refractivity contribution in [2.45, 2.75) is 48.6 Å². The summed E-state index contributed by atoms with van der Waals surface area (Å²) in [5.74, 6) is 1.11. The lowest BCUT2D eigenvalue weighted by molar-refractivity contribution is -0.140. The highest BCUT2D eigenvalue weighted by atomic mass is 32.2. The van der Waals surface area contributed by atoms with Gasteiger partial charge in [0, 0.05) is 32.0 Å². The Hall–Kier alpha value is -2.12. The SMILES string of the molecule is CSc1cc(N2CCC3(CC2)OC2CCC(c4ccccc4)N2C3=O)ncn1. The van der Waals surface area contributed by atoms with E-state index in [0.29, 0.717) is 12.8 Å². The van der Waals surface area contributed by atoms with Crippen molar-refractivity contribution in [3.05, 3.63) is 48.3 Å². The average molecular weight is 397 g/mol. The Kier molecular flexibility index (Phi) is 4.51. The molecule has 5 rings (SSSR count). The monoisotopic (exact) mass is 396 g/mol. The maximum atomic E-state index is 13.4. The summed E-state index contributed by atoms with van der Waals surface area (Å²) in [7, 11) is 0. The number of carbonyl (C=O) groups is 1. The molecule has 0 aliphatic carbocycles. The van der Waals surface area contributed by atoms with Gasteiger partial charge in [-0.2, -0.15) is 0 Å². The summed E-state index contributed by atoms with van der Waals surface area (Å²) < 4.78 is 6.42. The first-order valence-corrected chi connectivity index (χ1v) is 11.1. The van der Waals surface area contributed by atoms with Gasteiger partial charge in [-0.25, -0.2) is 9.97 Å². The van der Waals surface area contributed by atoms with Crippen LogP contribution in [0.4, 0.5) is 5.82 Å². The fourth-order valence-corrected chi connectivity index (χ4v) is 5.13. The first-order valence-electron chi connectivity index (χ1n) is 9.87. The number of amides is 1. The molecule has 3 saturated heterocycles. The van der Waals surface area contributed by atoms with Crippen molar-refractivity contribution in [1.29, 1.82) is 0 Å². The predicted molar refractivity (Wildman–Crippen MR) is 108 cm³/mol. The third-order valence-corrected chi connectivity index (χ3v) is 6.88. The van der Waals surface area contributed by atoms with E-state index in [1.807, 2.05) is 35.4 Å². The van der Waals surface area contributed by atoms with Gasteiger partial charge in [-0.1, -0.05) is 30.3 Å². The molecule has 28 heavy (non-hydrogen) atoms. The molecule has 2 aromatic rings. The van der Waals surface area contributed by atoms with Gasteiger partial charge in [0.1, 0.15) is 23.4 Å². The topological polar surface area (TPSA) is 58.6 Å². The normalized spacial score (nSPS) is 26.1.